The van der Waals surface area contributed by atoms with E-state index in [9.17, 15) is 4.79 Å². The molecule has 82 valence electrons. The highest BCUT2D eigenvalue weighted by Gasteiger charge is 2.20. The summed E-state index contributed by atoms with van der Waals surface area (Å²) in [5.41, 5.74) is 0. The van der Waals surface area contributed by atoms with Crippen molar-refractivity contribution >= 4 is 6.09 Å². The van der Waals surface area contributed by atoms with Gasteiger partial charge in [0, 0.05) is 6.04 Å². The van der Waals surface area contributed by atoms with E-state index >= 15 is 0 Å². The summed E-state index contributed by atoms with van der Waals surface area (Å²) in [4.78, 5) is 11.1. The van der Waals surface area contributed by atoms with E-state index in [2.05, 4.69) is 12.2 Å². The molecular weight excluding hydrogens is 182 g/mol. The van der Waals surface area contributed by atoms with E-state index in [1.807, 2.05) is 0 Å². The Bertz CT molecular complexity index is 184. The standard InChI is InChI=1S/C10H19NO3/c1-8-3-2-4-9(7-8)11-10(13)14-6-5-12/h8-9,12H,2-7H2,1H3,(H,11,13). The fourth-order valence-electron chi connectivity index (χ4n) is 1.91. The summed E-state index contributed by atoms with van der Waals surface area (Å²) in [5.74, 6) is 0.687. The number of carbonyl (C=O) groups excluding carboxylic acids is 1. The number of nitrogens with one attached hydrogen (secondary N) is 1. The Hall–Kier alpha value is -0.770. The molecule has 0 aromatic rings. The van der Waals surface area contributed by atoms with Crippen molar-refractivity contribution in [2.75, 3.05) is 13.2 Å². The van der Waals surface area contributed by atoms with Gasteiger partial charge in [0.15, 0.2) is 0 Å². The van der Waals surface area contributed by atoms with Crippen LogP contribution in [0, 0.1) is 5.92 Å². The summed E-state index contributed by atoms with van der Waals surface area (Å²) in [6.45, 7) is 2.16. The first-order valence-corrected chi connectivity index (χ1v) is 5.26. The summed E-state index contributed by atoms with van der Waals surface area (Å²) in [7, 11) is 0. The van der Waals surface area contributed by atoms with E-state index in [0.29, 0.717) is 5.92 Å². The zero-order valence-corrected chi connectivity index (χ0v) is 8.66. The Kier molecular flexibility index (Phi) is 4.73. The Morgan fingerprint density at radius 2 is 2.36 bits per heavy atom. The molecule has 1 fully saturated rings. The average Bonchev–Trinajstić information content (AvgIpc) is 2.15. The number of amides is 1. The molecule has 2 N–H and O–H groups in total. The van der Waals surface area contributed by atoms with Crippen LogP contribution >= 0.6 is 0 Å². The van der Waals surface area contributed by atoms with E-state index in [1.54, 1.807) is 0 Å². The summed E-state index contributed by atoms with van der Waals surface area (Å²) in [5, 5.41) is 11.3. The number of ether oxygens (including phenoxy) is 1. The van der Waals surface area contributed by atoms with Crippen LogP contribution in [0.25, 0.3) is 0 Å². The molecule has 4 nitrogen and oxygen atoms in total. The van der Waals surface area contributed by atoms with E-state index in [-0.39, 0.29) is 19.3 Å². The third kappa shape index (κ3) is 3.96. The van der Waals surface area contributed by atoms with Crippen LogP contribution in [-0.4, -0.2) is 30.5 Å². The van der Waals surface area contributed by atoms with Crippen LogP contribution in [0.3, 0.4) is 0 Å². The molecule has 0 aromatic heterocycles. The average molecular weight is 201 g/mol. The zero-order chi connectivity index (χ0) is 10.4. The number of carbonyl (C=O) groups is 1. The van der Waals surface area contributed by atoms with Gasteiger partial charge < -0.3 is 15.2 Å². The molecule has 0 radical (unpaired) electrons. The van der Waals surface area contributed by atoms with Gasteiger partial charge in [0.2, 0.25) is 0 Å². The Morgan fingerprint density at radius 3 is 3.00 bits per heavy atom. The maximum absolute atomic E-state index is 11.1. The number of alkyl carbamates (subject to hydrolysis) is 1. The summed E-state index contributed by atoms with van der Waals surface area (Å²) in [6, 6.07) is 0.255. The topological polar surface area (TPSA) is 58.6 Å². The second-order valence-electron chi connectivity index (χ2n) is 3.97. The minimum absolute atomic E-state index is 0.0775. The van der Waals surface area contributed by atoms with Crippen molar-refractivity contribution in [3.63, 3.8) is 0 Å². The minimum Gasteiger partial charge on any atom is -0.447 e. The van der Waals surface area contributed by atoms with Crippen molar-refractivity contribution in [1.82, 2.24) is 5.32 Å². The van der Waals surface area contributed by atoms with Crippen molar-refractivity contribution in [3.05, 3.63) is 0 Å². The van der Waals surface area contributed by atoms with Crippen LogP contribution in [0.5, 0.6) is 0 Å². The molecule has 14 heavy (non-hydrogen) atoms. The Labute approximate surface area is 84.6 Å². The van der Waals surface area contributed by atoms with E-state index in [4.69, 9.17) is 9.84 Å². The van der Waals surface area contributed by atoms with Crippen LogP contribution in [0.15, 0.2) is 0 Å². The van der Waals surface area contributed by atoms with Crippen molar-refractivity contribution in [3.8, 4) is 0 Å². The van der Waals surface area contributed by atoms with Gasteiger partial charge in [0.05, 0.1) is 6.61 Å². The van der Waals surface area contributed by atoms with Gasteiger partial charge in [-0.1, -0.05) is 19.8 Å². The number of aliphatic hydroxyl groups excluding tert-OH is 1. The summed E-state index contributed by atoms with van der Waals surface area (Å²) < 4.78 is 4.73. The number of hydrogen-bond donors (Lipinski definition) is 2. The molecule has 0 heterocycles. The highest BCUT2D eigenvalue weighted by molar-refractivity contribution is 5.67. The lowest BCUT2D eigenvalue weighted by Gasteiger charge is -2.26. The second-order valence-corrected chi connectivity index (χ2v) is 3.97. The molecule has 0 saturated heterocycles. The molecule has 1 aliphatic carbocycles. The third-order valence-electron chi connectivity index (χ3n) is 2.58. The molecule has 1 amide bonds. The molecule has 2 atom stereocenters. The Balaban J connectivity index is 2.18. The van der Waals surface area contributed by atoms with Crippen LogP contribution in [0.2, 0.25) is 0 Å². The first-order chi connectivity index (χ1) is 6.72. The van der Waals surface area contributed by atoms with Crippen molar-refractivity contribution < 1.29 is 14.6 Å². The van der Waals surface area contributed by atoms with Gasteiger partial charge in [-0.15, -0.1) is 0 Å². The lowest BCUT2D eigenvalue weighted by Crippen LogP contribution is -2.38. The number of aliphatic hydroxyl groups is 1. The van der Waals surface area contributed by atoms with Gasteiger partial charge in [-0.2, -0.15) is 0 Å². The summed E-state index contributed by atoms with van der Waals surface area (Å²) in [6.07, 6.45) is 4.10. The first-order valence-electron chi connectivity index (χ1n) is 5.26. The van der Waals surface area contributed by atoms with Crippen LogP contribution in [0.1, 0.15) is 32.6 Å². The first kappa shape index (κ1) is 11.3. The predicted octanol–water partition coefficient (Wildman–Crippen LogP) is 1.28. The molecule has 0 aliphatic heterocycles. The van der Waals surface area contributed by atoms with Gasteiger partial charge in [-0.3, -0.25) is 0 Å². The van der Waals surface area contributed by atoms with Gasteiger partial charge in [-0.25, -0.2) is 4.79 Å². The fraction of sp³-hybridized carbons (Fsp3) is 0.900. The highest BCUT2D eigenvalue weighted by Crippen LogP contribution is 2.23. The molecule has 1 aliphatic rings. The van der Waals surface area contributed by atoms with Crippen LogP contribution in [0.4, 0.5) is 4.79 Å². The zero-order valence-electron chi connectivity index (χ0n) is 8.66. The predicted molar refractivity (Wildman–Crippen MR) is 53.0 cm³/mol. The minimum atomic E-state index is -0.404. The molecule has 0 spiro atoms. The smallest absolute Gasteiger partial charge is 0.407 e. The third-order valence-corrected chi connectivity index (χ3v) is 2.58. The van der Waals surface area contributed by atoms with Gasteiger partial charge in [0.1, 0.15) is 6.61 Å². The normalized spacial score (nSPS) is 27.0. The van der Waals surface area contributed by atoms with Crippen LogP contribution in [-0.2, 0) is 4.74 Å². The monoisotopic (exact) mass is 201 g/mol. The highest BCUT2D eigenvalue weighted by atomic mass is 16.6. The van der Waals surface area contributed by atoms with Crippen molar-refractivity contribution in [2.45, 2.75) is 38.6 Å². The van der Waals surface area contributed by atoms with E-state index < -0.39 is 6.09 Å². The molecular formula is C10H19NO3. The van der Waals surface area contributed by atoms with Gasteiger partial charge >= 0.3 is 6.09 Å². The molecule has 4 heteroatoms. The van der Waals surface area contributed by atoms with Gasteiger partial charge in [-0.05, 0) is 18.8 Å². The number of hydrogen-bond acceptors (Lipinski definition) is 3. The molecule has 1 saturated carbocycles. The quantitative estimate of drug-likeness (QED) is 0.723. The van der Waals surface area contributed by atoms with Crippen molar-refractivity contribution in [2.24, 2.45) is 5.92 Å². The van der Waals surface area contributed by atoms with Crippen LogP contribution < -0.4 is 5.32 Å². The SMILES string of the molecule is CC1CCCC(NC(=O)OCCO)C1. The number of rotatable bonds is 3. The molecule has 0 aromatic carbocycles. The molecule has 1 rings (SSSR count). The Morgan fingerprint density at radius 1 is 1.57 bits per heavy atom. The van der Waals surface area contributed by atoms with Gasteiger partial charge in [0.25, 0.3) is 0 Å². The maximum Gasteiger partial charge on any atom is 0.407 e. The van der Waals surface area contributed by atoms with Crippen molar-refractivity contribution in [1.29, 1.82) is 0 Å². The van der Waals surface area contributed by atoms with E-state index in [0.717, 1.165) is 12.8 Å². The maximum atomic E-state index is 11.1. The second kappa shape index (κ2) is 5.86. The van der Waals surface area contributed by atoms with E-state index in [1.165, 1.54) is 12.8 Å². The fourth-order valence-corrected chi connectivity index (χ4v) is 1.91. The molecule has 0 bridgehead atoms. The molecule has 2 unspecified atom stereocenters. The summed E-state index contributed by atoms with van der Waals surface area (Å²) >= 11 is 0. The lowest BCUT2D eigenvalue weighted by atomic mass is 9.87. The lowest BCUT2D eigenvalue weighted by molar-refractivity contribution is 0.113. The largest absolute Gasteiger partial charge is 0.447 e.